The van der Waals surface area contributed by atoms with Crippen molar-refractivity contribution >= 4 is 5.69 Å². The zero-order valence-corrected chi connectivity index (χ0v) is 12.2. The Morgan fingerprint density at radius 2 is 1.33 bits per heavy atom. The van der Waals surface area contributed by atoms with E-state index in [4.69, 9.17) is 0 Å². The van der Waals surface area contributed by atoms with Crippen molar-refractivity contribution in [3.8, 4) is 0 Å². The minimum atomic E-state index is -0.184. The van der Waals surface area contributed by atoms with Crippen LogP contribution in [0.5, 0.6) is 0 Å². The van der Waals surface area contributed by atoms with Crippen LogP contribution in [-0.4, -0.2) is 13.1 Å². The molecule has 0 radical (unpaired) electrons. The Labute approximate surface area is 125 Å². The van der Waals surface area contributed by atoms with Crippen molar-refractivity contribution in [2.24, 2.45) is 0 Å². The van der Waals surface area contributed by atoms with E-state index in [-0.39, 0.29) is 5.82 Å². The molecule has 110 valence electrons. The summed E-state index contributed by atoms with van der Waals surface area (Å²) >= 11 is 0. The Bertz CT molecular complexity index is 557. The van der Waals surface area contributed by atoms with Gasteiger partial charge in [0.15, 0.2) is 0 Å². The Hall–Kier alpha value is -1.87. The number of hydrogen-bond donors (Lipinski definition) is 1. The lowest BCUT2D eigenvalue weighted by Crippen LogP contribution is -2.17. The molecule has 1 N–H and O–H groups in total. The first-order chi connectivity index (χ1) is 10.3. The van der Waals surface area contributed by atoms with E-state index in [1.165, 1.54) is 49.3 Å². The predicted molar refractivity (Wildman–Crippen MR) is 84.8 cm³/mol. The predicted octanol–water partition coefficient (Wildman–Crippen LogP) is 3.72. The van der Waals surface area contributed by atoms with Gasteiger partial charge in [0.1, 0.15) is 5.82 Å². The normalized spacial score (nSPS) is 14.6. The third-order valence-electron chi connectivity index (χ3n) is 3.98. The van der Waals surface area contributed by atoms with E-state index in [2.05, 4.69) is 34.5 Å². The van der Waals surface area contributed by atoms with Gasteiger partial charge in [0.25, 0.3) is 0 Å². The van der Waals surface area contributed by atoms with Crippen molar-refractivity contribution < 1.29 is 4.39 Å². The van der Waals surface area contributed by atoms with Crippen molar-refractivity contribution in [3.63, 3.8) is 0 Å². The van der Waals surface area contributed by atoms with Gasteiger partial charge < -0.3 is 10.2 Å². The molecule has 2 nitrogen and oxygen atoms in total. The summed E-state index contributed by atoms with van der Waals surface area (Å²) in [6.45, 7) is 3.95. The SMILES string of the molecule is Fc1ccc(CNCc2ccc(N3CCCC3)cc2)cc1. The van der Waals surface area contributed by atoms with Gasteiger partial charge >= 0.3 is 0 Å². The van der Waals surface area contributed by atoms with Crippen LogP contribution in [-0.2, 0) is 13.1 Å². The molecule has 0 bridgehead atoms. The van der Waals surface area contributed by atoms with Crippen LogP contribution >= 0.6 is 0 Å². The van der Waals surface area contributed by atoms with E-state index in [0.29, 0.717) is 0 Å². The molecule has 0 aromatic heterocycles. The summed E-state index contributed by atoms with van der Waals surface area (Å²) in [7, 11) is 0. The molecular formula is C18H21FN2. The standard InChI is InChI=1S/C18H21FN2/c19-17-7-3-15(4-8-17)13-20-14-16-5-9-18(10-6-16)21-11-1-2-12-21/h3-10,20H,1-2,11-14H2. The fourth-order valence-corrected chi connectivity index (χ4v) is 2.75. The van der Waals surface area contributed by atoms with Crippen LogP contribution in [0.2, 0.25) is 0 Å². The molecule has 0 atom stereocenters. The van der Waals surface area contributed by atoms with E-state index >= 15 is 0 Å². The molecule has 1 saturated heterocycles. The number of halogens is 1. The molecule has 3 heteroatoms. The number of anilines is 1. The Morgan fingerprint density at radius 3 is 1.90 bits per heavy atom. The maximum Gasteiger partial charge on any atom is 0.123 e. The quantitative estimate of drug-likeness (QED) is 0.900. The smallest absolute Gasteiger partial charge is 0.123 e. The summed E-state index contributed by atoms with van der Waals surface area (Å²) in [6.07, 6.45) is 2.61. The molecule has 2 aromatic carbocycles. The summed E-state index contributed by atoms with van der Waals surface area (Å²) in [5.74, 6) is -0.184. The third kappa shape index (κ3) is 3.82. The molecule has 1 heterocycles. The fourth-order valence-electron chi connectivity index (χ4n) is 2.75. The summed E-state index contributed by atoms with van der Waals surface area (Å²) in [6, 6.07) is 15.4. The fraction of sp³-hybridized carbons (Fsp3) is 0.333. The second kappa shape index (κ2) is 6.72. The van der Waals surface area contributed by atoms with Crippen molar-refractivity contribution in [1.29, 1.82) is 0 Å². The maximum atomic E-state index is 12.8. The molecule has 1 aliphatic heterocycles. The first kappa shape index (κ1) is 14.1. The lowest BCUT2D eigenvalue weighted by Gasteiger charge is -2.17. The second-order valence-electron chi connectivity index (χ2n) is 5.59. The average molecular weight is 284 g/mol. The minimum Gasteiger partial charge on any atom is -0.372 e. The number of hydrogen-bond acceptors (Lipinski definition) is 2. The molecule has 1 fully saturated rings. The van der Waals surface area contributed by atoms with E-state index < -0.39 is 0 Å². The van der Waals surface area contributed by atoms with Gasteiger partial charge in [-0.1, -0.05) is 24.3 Å². The number of nitrogens with one attached hydrogen (secondary N) is 1. The molecule has 0 amide bonds. The third-order valence-corrected chi connectivity index (χ3v) is 3.98. The molecule has 0 aliphatic carbocycles. The van der Waals surface area contributed by atoms with Crippen molar-refractivity contribution in [1.82, 2.24) is 5.32 Å². The van der Waals surface area contributed by atoms with Gasteiger partial charge in [-0.2, -0.15) is 0 Å². The highest BCUT2D eigenvalue weighted by Gasteiger charge is 2.11. The van der Waals surface area contributed by atoms with Crippen LogP contribution in [0.25, 0.3) is 0 Å². The molecule has 3 rings (SSSR count). The molecule has 2 aromatic rings. The van der Waals surface area contributed by atoms with Crippen LogP contribution in [0.3, 0.4) is 0 Å². The zero-order valence-electron chi connectivity index (χ0n) is 12.2. The van der Waals surface area contributed by atoms with Crippen molar-refractivity contribution in [3.05, 3.63) is 65.5 Å². The van der Waals surface area contributed by atoms with Gasteiger partial charge in [0.05, 0.1) is 0 Å². The number of benzene rings is 2. The van der Waals surface area contributed by atoms with Gasteiger partial charge in [-0.05, 0) is 48.2 Å². The Balaban J connectivity index is 1.50. The van der Waals surface area contributed by atoms with Gasteiger partial charge in [0.2, 0.25) is 0 Å². The first-order valence-corrected chi connectivity index (χ1v) is 7.60. The summed E-state index contributed by atoms with van der Waals surface area (Å²) in [5, 5.41) is 3.39. The second-order valence-corrected chi connectivity index (χ2v) is 5.59. The molecule has 1 aliphatic rings. The highest BCUT2D eigenvalue weighted by atomic mass is 19.1. The summed E-state index contributed by atoms with van der Waals surface area (Å²) < 4.78 is 12.8. The van der Waals surface area contributed by atoms with Crippen LogP contribution in [0.15, 0.2) is 48.5 Å². The molecule has 0 unspecified atom stereocenters. The van der Waals surface area contributed by atoms with E-state index in [1.807, 2.05) is 12.1 Å². The van der Waals surface area contributed by atoms with Crippen LogP contribution in [0.4, 0.5) is 10.1 Å². The van der Waals surface area contributed by atoms with E-state index in [1.54, 1.807) is 0 Å². The highest BCUT2D eigenvalue weighted by Crippen LogP contribution is 2.20. The van der Waals surface area contributed by atoms with Gasteiger partial charge in [0, 0.05) is 31.9 Å². The largest absolute Gasteiger partial charge is 0.372 e. The van der Waals surface area contributed by atoms with Gasteiger partial charge in [-0.25, -0.2) is 4.39 Å². The summed E-state index contributed by atoms with van der Waals surface area (Å²) in [5.41, 5.74) is 3.71. The van der Waals surface area contributed by atoms with Crippen LogP contribution < -0.4 is 10.2 Å². The van der Waals surface area contributed by atoms with Crippen molar-refractivity contribution in [2.75, 3.05) is 18.0 Å². The van der Waals surface area contributed by atoms with Crippen LogP contribution in [0, 0.1) is 5.82 Å². The molecule has 0 saturated carbocycles. The van der Waals surface area contributed by atoms with Gasteiger partial charge in [-0.15, -0.1) is 0 Å². The Morgan fingerprint density at radius 1 is 0.810 bits per heavy atom. The molecule has 0 spiro atoms. The zero-order chi connectivity index (χ0) is 14.5. The monoisotopic (exact) mass is 284 g/mol. The lowest BCUT2D eigenvalue weighted by molar-refractivity contribution is 0.625. The van der Waals surface area contributed by atoms with Crippen LogP contribution in [0.1, 0.15) is 24.0 Å². The topological polar surface area (TPSA) is 15.3 Å². The maximum absolute atomic E-state index is 12.8. The molecule has 21 heavy (non-hydrogen) atoms. The minimum absolute atomic E-state index is 0.184. The molecular weight excluding hydrogens is 263 g/mol. The summed E-state index contributed by atoms with van der Waals surface area (Å²) in [4.78, 5) is 2.44. The Kier molecular flexibility index (Phi) is 4.51. The van der Waals surface area contributed by atoms with Gasteiger partial charge in [-0.3, -0.25) is 0 Å². The number of rotatable bonds is 5. The lowest BCUT2D eigenvalue weighted by atomic mass is 10.2. The van der Waals surface area contributed by atoms with E-state index in [9.17, 15) is 4.39 Å². The highest BCUT2D eigenvalue weighted by molar-refractivity contribution is 5.48. The van der Waals surface area contributed by atoms with E-state index in [0.717, 1.165) is 18.7 Å². The number of nitrogens with zero attached hydrogens (tertiary/aromatic N) is 1. The first-order valence-electron chi connectivity index (χ1n) is 7.60. The van der Waals surface area contributed by atoms with Crippen molar-refractivity contribution in [2.45, 2.75) is 25.9 Å². The average Bonchev–Trinajstić information content (AvgIpc) is 3.04.